The van der Waals surface area contributed by atoms with Crippen LogP contribution < -0.4 is 10.6 Å². The van der Waals surface area contributed by atoms with E-state index in [2.05, 4.69) is 20.6 Å². The van der Waals surface area contributed by atoms with E-state index < -0.39 is 17.7 Å². The lowest BCUT2D eigenvalue weighted by Crippen LogP contribution is -2.36. The van der Waals surface area contributed by atoms with Crippen molar-refractivity contribution >= 4 is 28.9 Å². The number of nitrogens with zero attached hydrogens (tertiary/aromatic N) is 2. The van der Waals surface area contributed by atoms with E-state index in [0.717, 1.165) is 22.3 Å². The van der Waals surface area contributed by atoms with Gasteiger partial charge in [-0.15, -0.1) is 11.3 Å². The first-order valence-electron chi connectivity index (χ1n) is 6.69. The van der Waals surface area contributed by atoms with Crippen LogP contribution in [0.4, 0.5) is 17.6 Å². The Labute approximate surface area is 144 Å². The first-order valence-corrected chi connectivity index (χ1v) is 7.95. The quantitative estimate of drug-likeness (QED) is 0.481. The van der Waals surface area contributed by atoms with Gasteiger partial charge in [0.15, 0.2) is 11.7 Å². The van der Waals surface area contributed by atoms with Gasteiger partial charge in [-0.2, -0.15) is 13.2 Å². The molecular formula is C14H13ClF4N4S. The molecule has 10 heteroatoms. The van der Waals surface area contributed by atoms with Crippen LogP contribution in [0, 0.1) is 5.82 Å². The summed E-state index contributed by atoms with van der Waals surface area (Å²) in [7, 11) is 1.52. The maximum absolute atomic E-state index is 13.1. The molecule has 0 atom stereocenters. The molecule has 1 heterocycles. The van der Waals surface area contributed by atoms with Crippen molar-refractivity contribution in [2.24, 2.45) is 4.99 Å². The molecule has 0 saturated heterocycles. The van der Waals surface area contributed by atoms with Gasteiger partial charge in [-0.05, 0) is 17.7 Å². The molecule has 0 saturated carbocycles. The molecule has 2 aromatic rings. The predicted molar refractivity (Wildman–Crippen MR) is 85.6 cm³/mol. The number of nitrogens with one attached hydrogen (secondary N) is 2. The number of hydrogen-bond donors (Lipinski definition) is 2. The number of thiazole rings is 1. The Morgan fingerprint density at radius 3 is 2.58 bits per heavy atom. The maximum Gasteiger partial charge on any atom is 0.434 e. The topological polar surface area (TPSA) is 49.3 Å². The summed E-state index contributed by atoms with van der Waals surface area (Å²) in [6.45, 7) is 0.427. The lowest BCUT2D eigenvalue weighted by molar-refractivity contribution is -0.140. The molecule has 2 N–H and O–H groups in total. The van der Waals surface area contributed by atoms with Crippen molar-refractivity contribution in [2.45, 2.75) is 19.3 Å². The van der Waals surface area contributed by atoms with E-state index in [0.29, 0.717) is 12.5 Å². The summed E-state index contributed by atoms with van der Waals surface area (Å²) in [5.41, 5.74) is -0.175. The smallest absolute Gasteiger partial charge is 0.352 e. The van der Waals surface area contributed by atoms with E-state index in [1.807, 2.05) is 0 Å². The molecule has 1 aromatic carbocycles. The average Bonchev–Trinajstić information content (AvgIpc) is 3.00. The largest absolute Gasteiger partial charge is 0.434 e. The van der Waals surface area contributed by atoms with Gasteiger partial charge in [0.1, 0.15) is 10.8 Å². The fraction of sp³-hybridized carbons (Fsp3) is 0.286. The zero-order valence-electron chi connectivity index (χ0n) is 12.4. The number of alkyl halides is 3. The Morgan fingerprint density at radius 2 is 2.00 bits per heavy atom. The highest BCUT2D eigenvalue weighted by Crippen LogP contribution is 2.29. The summed E-state index contributed by atoms with van der Waals surface area (Å²) >= 11 is 6.61. The van der Waals surface area contributed by atoms with Crippen LogP contribution in [-0.4, -0.2) is 18.0 Å². The molecular weight excluding hydrogens is 368 g/mol. The summed E-state index contributed by atoms with van der Waals surface area (Å²) in [5.74, 6) is -0.133. The maximum atomic E-state index is 13.1. The normalized spacial score (nSPS) is 12.3. The zero-order valence-corrected chi connectivity index (χ0v) is 14.0. The summed E-state index contributed by atoms with van der Waals surface area (Å²) in [5, 5.41) is 7.08. The van der Waals surface area contributed by atoms with Crippen LogP contribution in [0.2, 0.25) is 5.02 Å². The zero-order chi connectivity index (χ0) is 17.7. The molecule has 0 aliphatic heterocycles. The first kappa shape index (κ1) is 18.5. The minimum atomic E-state index is -4.45. The van der Waals surface area contributed by atoms with Gasteiger partial charge in [0.05, 0.1) is 11.6 Å². The predicted octanol–water partition coefficient (Wildman–Crippen LogP) is 3.82. The second-order valence-corrected chi connectivity index (χ2v) is 6.00. The third-order valence-electron chi connectivity index (χ3n) is 2.92. The van der Waals surface area contributed by atoms with Gasteiger partial charge in [0.2, 0.25) is 0 Å². The molecule has 0 aliphatic carbocycles. The molecule has 4 nitrogen and oxygen atoms in total. The SMILES string of the molecule is CN=C(NCc1ccc(F)c(Cl)c1)NCc1nc(C(F)(F)F)cs1. The molecule has 0 aliphatic rings. The number of rotatable bonds is 4. The molecule has 0 spiro atoms. The van der Waals surface area contributed by atoms with Gasteiger partial charge in [-0.3, -0.25) is 4.99 Å². The Kier molecular flexibility index (Phi) is 6.00. The van der Waals surface area contributed by atoms with E-state index >= 15 is 0 Å². The molecule has 2 rings (SSSR count). The van der Waals surface area contributed by atoms with Crippen molar-refractivity contribution in [1.82, 2.24) is 15.6 Å². The highest BCUT2D eigenvalue weighted by Gasteiger charge is 2.33. The minimum absolute atomic E-state index is 0.0136. The molecule has 0 amide bonds. The van der Waals surface area contributed by atoms with Crippen molar-refractivity contribution < 1.29 is 17.6 Å². The Morgan fingerprint density at radius 1 is 1.29 bits per heavy atom. The lowest BCUT2D eigenvalue weighted by atomic mass is 10.2. The number of aliphatic imine (C=N–C) groups is 1. The van der Waals surface area contributed by atoms with Crippen molar-refractivity contribution in [3.05, 3.63) is 50.7 Å². The molecule has 1 aromatic heterocycles. The van der Waals surface area contributed by atoms with Gasteiger partial charge in [0.25, 0.3) is 0 Å². The van der Waals surface area contributed by atoms with Gasteiger partial charge >= 0.3 is 6.18 Å². The number of benzene rings is 1. The fourth-order valence-electron chi connectivity index (χ4n) is 1.74. The molecule has 0 bridgehead atoms. The highest BCUT2D eigenvalue weighted by molar-refractivity contribution is 7.09. The summed E-state index contributed by atoms with van der Waals surface area (Å²) in [6.07, 6.45) is -4.45. The van der Waals surface area contributed by atoms with Crippen LogP contribution >= 0.6 is 22.9 Å². The van der Waals surface area contributed by atoms with Crippen molar-refractivity contribution in [3.63, 3.8) is 0 Å². The number of hydrogen-bond acceptors (Lipinski definition) is 3. The van der Waals surface area contributed by atoms with Gasteiger partial charge in [0, 0.05) is 19.0 Å². The van der Waals surface area contributed by atoms with Gasteiger partial charge < -0.3 is 10.6 Å². The summed E-state index contributed by atoms with van der Waals surface area (Å²) in [6, 6.07) is 4.30. The Bertz CT molecular complexity index is 730. The van der Waals surface area contributed by atoms with E-state index in [-0.39, 0.29) is 16.6 Å². The van der Waals surface area contributed by atoms with E-state index in [1.165, 1.54) is 19.2 Å². The second-order valence-electron chi connectivity index (χ2n) is 4.65. The summed E-state index contributed by atoms with van der Waals surface area (Å²) < 4.78 is 50.5. The standard InChI is InChI=1S/C14H13ClF4N4S/c1-20-13(21-5-8-2-3-10(16)9(15)4-8)22-6-12-23-11(7-24-12)14(17,18)19/h2-4,7H,5-6H2,1H3,(H2,20,21,22). The highest BCUT2D eigenvalue weighted by atomic mass is 35.5. The van der Waals surface area contributed by atoms with E-state index in [9.17, 15) is 17.6 Å². The van der Waals surface area contributed by atoms with E-state index in [1.54, 1.807) is 6.07 Å². The first-order chi connectivity index (χ1) is 11.3. The fourth-order valence-corrected chi connectivity index (χ4v) is 2.68. The van der Waals surface area contributed by atoms with Crippen molar-refractivity contribution in [1.29, 1.82) is 0 Å². The second kappa shape index (κ2) is 7.80. The summed E-state index contributed by atoms with van der Waals surface area (Å²) in [4.78, 5) is 7.47. The minimum Gasteiger partial charge on any atom is -0.352 e. The number of halogens is 5. The van der Waals surface area contributed by atoms with Crippen LogP contribution in [0.5, 0.6) is 0 Å². The molecule has 0 unspecified atom stereocenters. The van der Waals surface area contributed by atoms with Crippen LogP contribution in [0.25, 0.3) is 0 Å². The average molecular weight is 381 g/mol. The molecule has 24 heavy (non-hydrogen) atoms. The van der Waals surface area contributed by atoms with Crippen molar-refractivity contribution in [2.75, 3.05) is 7.05 Å². The molecule has 130 valence electrons. The molecule has 0 fully saturated rings. The van der Waals surface area contributed by atoms with Crippen LogP contribution in [0.3, 0.4) is 0 Å². The van der Waals surface area contributed by atoms with Crippen LogP contribution in [0.15, 0.2) is 28.6 Å². The number of guanidine groups is 1. The van der Waals surface area contributed by atoms with Crippen LogP contribution in [-0.2, 0) is 19.3 Å². The third-order valence-corrected chi connectivity index (χ3v) is 4.06. The monoisotopic (exact) mass is 380 g/mol. The molecule has 0 radical (unpaired) electrons. The lowest BCUT2D eigenvalue weighted by Gasteiger charge is -2.11. The van der Waals surface area contributed by atoms with Gasteiger partial charge in [-0.25, -0.2) is 9.37 Å². The Balaban J connectivity index is 1.88. The van der Waals surface area contributed by atoms with E-state index in [4.69, 9.17) is 11.6 Å². The Hall–Kier alpha value is -1.87. The number of aromatic nitrogens is 1. The van der Waals surface area contributed by atoms with Gasteiger partial charge in [-0.1, -0.05) is 17.7 Å². The van der Waals surface area contributed by atoms with Crippen molar-refractivity contribution in [3.8, 4) is 0 Å². The third kappa shape index (κ3) is 5.07. The van der Waals surface area contributed by atoms with Crippen LogP contribution in [0.1, 0.15) is 16.3 Å².